The van der Waals surface area contributed by atoms with Crippen LogP contribution in [0.15, 0.2) is 85.1 Å². The molecule has 0 aliphatic rings. The van der Waals surface area contributed by atoms with Crippen molar-refractivity contribution in [2.45, 2.75) is 238 Å². The van der Waals surface area contributed by atoms with Crippen molar-refractivity contribution in [3.63, 3.8) is 0 Å². The molecule has 0 aromatic heterocycles. The number of hydrogen-bond donors (Lipinski definition) is 2. The number of nitrogens with two attached hydrogens (primary N) is 1. The maximum absolute atomic E-state index is 12.7. The van der Waals surface area contributed by atoms with Crippen LogP contribution in [0, 0.1) is 0 Å². The van der Waals surface area contributed by atoms with Gasteiger partial charge in [0, 0.05) is 19.4 Å². The Hall–Kier alpha value is -2.81. The normalized spacial score (nSPS) is 13.8. The molecule has 0 aromatic rings. The molecule has 10 heteroatoms. The number of esters is 2. The summed E-state index contributed by atoms with van der Waals surface area (Å²) in [5.74, 6) is -0.861. The van der Waals surface area contributed by atoms with Crippen LogP contribution in [0.5, 0.6) is 0 Å². The Bertz CT molecular complexity index is 1370. The van der Waals surface area contributed by atoms with Gasteiger partial charge in [0.15, 0.2) is 6.10 Å². The molecule has 0 radical (unpaired) electrons. The molecule has 0 spiro atoms. The molecule has 0 aromatic carbocycles. The zero-order valence-corrected chi connectivity index (χ0v) is 43.8. The fraction of sp³-hybridized carbons (Fsp3) is 0.719. The zero-order valence-electron chi connectivity index (χ0n) is 42.9. The fourth-order valence-electron chi connectivity index (χ4n) is 7.35. The molecule has 0 amide bonds. The third-order valence-electron chi connectivity index (χ3n) is 11.3. The molecule has 386 valence electrons. The van der Waals surface area contributed by atoms with Crippen LogP contribution < -0.4 is 5.73 Å². The van der Waals surface area contributed by atoms with Crippen molar-refractivity contribution in [3.8, 4) is 0 Å². The van der Waals surface area contributed by atoms with Crippen molar-refractivity contribution in [2.24, 2.45) is 5.73 Å². The van der Waals surface area contributed by atoms with Gasteiger partial charge in [0.05, 0.1) is 13.2 Å². The summed E-state index contributed by atoms with van der Waals surface area (Å²) < 4.78 is 32.9. The van der Waals surface area contributed by atoms with E-state index in [-0.39, 0.29) is 32.6 Å². The summed E-state index contributed by atoms with van der Waals surface area (Å²) in [4.78, 5) is 35.0. The number of ether oxygens (including phenoxy) is 2. The second kappa shape index (κ2) is 52.6. The van der Waals surface area contributed by atoms with E-state index in [1.165, 1.54) is 109 Å². The second-order valence-electron chi connectivity index (χ2n) is 17.7. The lowest BCUT2D eigenvalue weighted by atomic mass is 10.0. The number of carbonyl (C=O) groups excluding carboxylic acids is 2. The Balaban J connectivity index is 3.88. The van der Waals surface area contributed by atoms with E-state index in [4.69, 9.17) is 24.3 Å². The summed E-state index contributed by atoms with van der Waals surface area (Å²) in [6, 6.07) is 0. The molecule has 0 bridgehead atoms. The largest absolute Gasteiger partial charge is 0.472 e. The molecule has 0 aliphatic carbocycles. The molecule has 0 fully saturated rings. The van der Waals surface area contributed by atoms with Gasteiger partial charge in [0.25, 0.3) is 0 Å². The van der Waals surface area contributed by atoms with Crippen LogP contribution in [0.1, 0.15) is 232 Å². The van der Waals surface area contributed by atoms with Gasteiger partial charge >= 0.3 is 19.8 Å². The van der Waals surface area contributed by atoms with Gasteiger partial charge in [-0.1, -0.05) is 221 Å². The number of hydrogen-bond acceptors (Lipinski definition) is 8. The quantitative estimate of drug-likeness (QED) is 0.0264. The minimum Gasteiger partial charge on any atom is -0.462 e. The summed E-state index contributed by atoms with van der Waals surface area (Å²) in [6.07, 6.45) is 68.0. The van der Waals surface area contributed by atoms with Crippen LogP contribution in [-0.4, -0.2) is 49.3 Å². The summed E-state index contributed by atoms with van der Waals surface area (Å²) in [7, 11) is -4.39. The van der Waals surface area contributed by atoms with Gasteiger partial charge in [-0.2, -0.15) is 0 Å². The van der Waals surface area contributed by atoms with Gasteiger partial charge in [0.2, 0.25) is 0 Å². The van der Waals surface area contributed by atoms with Crippen molar-refractivity contribution in [1.29, 1.82) is 0 Å². The minimum atomic E-state index is -4.39. The first-order valence-electron chi connectivity index (χ1n) is 27.1. The van der Waals surface area contributed by atoms with Crippen LogP contribution >= 0.6 is 7.82 Å². The van der Waals surface area contributed by atoms with E-state index in [2.05, 4.69) is 98.9 Å². The number of rotatable bonds is 50. The number of unbranched alkanes of at least 4 members (excludes halogenated alkanes) is 23. The summed E-state index contributed by atoms with van der Waals surface area (Å²) in [5.41, 5.74) is 5.36. The lowest BCUT2D eigenvalue weighted by Crippen LogP contribution is -2.29. The van der Waals surface area contributed by atoms with Crippen molar-refractivity contribution in [3.05, 3.63) is 85.1 Å². The molecule has 0 saturated carbocycles. The maximum atomic E-state index is 12.7. The van der Waals surface area contributed by atoms with E-state index < -0.39 is 32.5 Å². The number of carbonyl (C=O) groups is 2. The van der Waals surface area contributed by atoms with E-state index in [0.29, 0.717) is 12.8 Å². The molecule has 0 saturated heterocycles. The minimum absolute atomic E-state index is 0.0471. The maximum Gasteiger partial charge on any atom is 0.472 e. The molecule has 0 heterocycles. The molecular weight excluding hydrogens is 858 g/mol. The zero-order chi connectivity index (χ0) is 48.8. The molecule has 9 nitrogen and oxygen atoms in total. The first kappa shape index (κ1) is 64.2. The van der Waals surface area contributed by atoms with Crippen LogP contribution in [0.25, 0.3) is 0 Å². The van der Waals surface area contributed by atoms with Gasteiger partial charge < -0.3 is 20.1 Å². The Kier molecular flexibility index (Phi) is 50.4. The van der Waals surface area contributed by atoms with Crippen LogP contribution in [-0.2, 0) is 32.7 Å². The van der Waals surface area contributed by atoms with Gasteiger partial charge in [0.1, 0.15) is 6.61 Å². The third kappa shape index (κ3) is 52.4. The van der Waals surface area contributed by atoms with Crippen LogP contribution in [0.3, 0.4) is 0 Å². The molecule has 3 N–H and O–H groups in total. The highest BCUT2D eigenvalue weighted by Gasteiger charge is 2.26. The van der Waals surface area contributed by atoms with Gasteiger partial charge in [-0.05, 0) is 83.5 Å². The SMILES string of the molecule is CC/C=C\C/C=C\C/C=C\C/C=C\CCCCCCCCCCCCCCCCCCCCCCC(=O)OC(COC(=O)CCCCC/C=C\C/C=C\C/C=C\CC)COP(=O)(O)OCCN. The monoisotopic (exact) mass is 958 g/mol. The van der Waals surface area contributed by atoms with Gasteiger partial charge in [-0.3, -0.25) is 18.6 Å². The Labute approximate surface area is 411 Å². The van der Waals surface area contributed by atoms with E-state index >= 15 is 0 Å². The molecule has 0 rings (SSSR count). The fourth-order valence-corrected chi connectivity index (χ4v) is 8.11. The second-order valence-corrected chi connectivity index (χ2v) is 19.1. The average Bonchev–Trinajstić information content (AvgIpc) is 3.32. The molecule has 2 unspecified atom stereocenters. The van der Waals surface area contributed by atoms with E-state index in [9.17, 15) is 19.0 Å². The highest BCUT2D eigenvalue weighted by atomic mass is 31.2. The Morgan fingerprint density at radius 2 is 0.776 bits per heavy atom. The third-order valence-corrected chi connectivity index (χ3v) is 12.3. The molecule has 2 atom stereocenters. The lowest BCUT2D eigenvalue weighted by Gasteiger charge is -2.19. The van der Waals surface area contributed by atoms with Gasteiger partial charge in [-0.25, -0.2) is 4.57 Å². The molecular formula is C57H100NO8P. The number of phosphoric ester groups is 1. The van der Waals surface area contributed by atoms with Crippen molar-refractivity contribution >= 4 is 19.8 Å². The summed E-state index contributed by atoms with van der Waals surface area (Å²) in [6.45, 7) is 3.48. The predicted molar refractivity (Wildman–Crippen MR) is 284 cm³/mol. The Morgan fingerprint density at radius 1 is 0.448 bits per heavy atom. The summed E-state index contributed by atoms with van der Waals surface area (Å²) in [5, 5.41) is 0. The summed E-state index contributed by atoms with van der Waals surface area (Å²) >= 11 is 0. The standard InChI is InChI=1S/C57H100NO8P/c1-3-5-7-9-11-13-15-17-18-19-20-21-22-23-24-25-26-27-28-29-30-31-32-33-34-35-36-38-40-42-44-46-48-50-57(60)66-55(54-65-67(61,62)64-52-51-58)53-63-56(59)49-47-45-43-41-39-37-16-14-12-10-8-6-4-2/h5-8,11-14,17-18,20-21,37,39,55H,3-4,9-10,15-16,19,22-36,38,40-54,58H2,1-2H3,(H,61,62)/b7-5-,8-6-,13-11-,14-12-,18-17-,21-20-,39-37-. The predicted octanol–water partition coefficient (Wildman–Crippen LogP) is 16.7. The van der Waals surface area contributed by atoms with Crippen molar-refractivity contribution < 1.29 is 37.6 Å². The average molecular weight is 958 g/mol. The first-order valence-corrected chi connectivity index (χ1v) is 28.6. The Morgan fingerprint density at radius 3 is 1.16 bits per heavy atom. The number of phosphoric acid groups is 1. The number of allylic oxidation sites excluding steroid dienone is 14. The highest BCUT2D eigenvalue weighted by molar-refractivity contribution is 7.47. The molecule has 0 aliphatic heterocycles. The van der Waals surface area contributed by atoms with E-state index in [1.807, 2.05) is 0 Å². The van der Waals surface area contributed by atoms with Crippen molar-refractivity contribution in [2.75, 3.05) is 26.4 Å². The van der Waals surface area contributed by atoms with E-state index in [1.54, 1.807) is 0 Å². The van der Waals surface area contributed by atoms with Crippen molar-refractivity contribution in [1.82, 2.24) is 0 Å². The lowest BCUT2D eigenvalue weighted by molar-refractivity contribution is -0.161. The van der Waals surface area contributed by atoms with Gasteiger partial charge in [-0.15, -0.1) is 0 Å². The van der Waals surface area contributed by atoms with Crippen LogP contribution in [0.2, 0.25) is 0 Å². The van der Waals surface area contributed by atoms with Crippen LogP contribution in [0.4, 0.5) is 0 Å². The van der Waals surface area contributed by atoms with E-state index in [0.717, 1.165) is 83.5 Å². The molecule has 67 heavy (non-hydrogen) atoms. The first-order chi connectivity index (χ1) is 32.8. The smallest absolute Gasteiger partial charge is 0.462 e. The topological polar surface area (TPSA) is 134 Å². The highest BCUT2D eigenvalue weighted by Crippen LogP contribution is 2.43.